The molecule has 1 heterocycles. The summed E-state index contributed by atoms with van der Waals surface area (Å²) >= 11 is 0. The van der Waals surface area contributed by atoms with E-state index in [-0.39, 0.29) is 11.3 Å². The van der Waals surface area contributed by atoms with Crippen molar-refractivity contribution >= 4 is 11.4 Å². The minimum atomic E-state index is -1.14. The van der Waals surface area contributed by atoms with Gasteiger partial charge in [0.05, 0.1) is 22.6 Å². The summed E-state index contributed by atoms with van der Waals surface area (Å²) in [6.45, 7) is 1.92. The molecule has 0 radical (unpaired) electrons. The quantitative estimate of drug-likeness (QED) is 0.925. The van der Waals surface area contributed by atoms with Crippen molar-refractivity contribution in [3.63, 3.8) is 0 Å². The molecule has 2 rings (SSSR count). The fourth-order valence-corrected chi connectivity index (χ4v) is 1.78. The summed E-state index contributed by atoms with van der Waals surface area (Å²) in [5.74, 6) is -2.21. The van der Waals surface area contributed by atoms with E-state index in [0.717, 1.165) is 5.69 Å². The van der Waals surface area contributed by atoms with Crippen molar-refractivity contribution in [2.24, 2.45) is 7.05 Å². The van der Waals surface area contributed by atoms with E-state index >= 15 is 0 Å². The summed E-state index contributed by atoms with van der Waals surface area (Å²) in [6.07, 6.45) is 2.36. The second-order valence-corrected chi connectivity index (χ2v) is 4.04. The topological polar surface area (TPSA) is 53.6 Å². The molecule has 0 saturated carbocycles. The molecule has 2 aromatic rings. The number of anilines is 2. The number of aromatic nitrogens is 2. The Balaban J connectivity index is 2.39. The minimum Gasteiger partial charge on any atom is -0.350 e. The summed E-state index contributed by atoms with van der Waals surface area (Å²) in [5, 5.41) is 15.6. The van der Waals surface area contributed by atoms with Crippen LogP contribution in [0.2, 0.25) is 0 Å². The number of aryl methyl sites for hydroxylation is 2. The monoisotopic (exact) mass is 262 g/mol. The third kappa shape index (κ3) is 2.40. The molecule has 0 amide bonds. The maximum atomic E-state index is 13.8. The van der Waals surface area contributed by atoms with Crippen molar-refractivity contribution in [1.82, 2.24) is 9.78 Å². The van der Waals surface area contributed by atoms with Crippen LogP contribution in [0.3, 0.4) is 0 Å². The average molecular weight is 262 g/mol. The van der Waals surface area contributed by atoms with E-state index in [1.807, 2.05) is 6.92 Å². The van der Waals surface area contributed by atoms with E-state index in [4.69, 9.17) is 5.26 Å². The lowest BCUT2D eigenvalue weighted by Crippen LogP contribution is -1.99. The van der Waals surface area contributed by atoms with Crippen molar-refractivity contribution in [2.45, 2.75) is 13.3 Å². The molecule has 0 aliphatic rings. The van der Waals surface area contributed by atoms with Gasteiger partial charge in [-0.3, -0.25) is 4.68 Å². The maximum absolute atomic E-state index is 13.8. The highest BCUT2D eigenvalue weighted by atomic mass is 19.2. The highest BCUT2D eigenvalue weighted by Gasteiger charge is 2.15. The Morgan fingerprint density at radius 1 is 1.32 bits per heavy atom. The summed E-state index contributed by atoms with van der Waals surface area (Å²) in [5.41, 5.74) is 1.05. The van der Waals surface area contributed by atoms with Crippen LogP contribution in [-0.2, 0) is 13.5 Å². The predicted molar refractivity (Wildman–Crippen MR) is 66.9 cm³/mol. The third-order valence-electron chi connectivity index (χ3n) is 2.71. The van der Waals surface area contributed by atoms with Gasteiger partial charge in [0.1, 0.15) is 6.07 Å². The largest absolute Gasteiger partial charge is 0.350 e. The second-order valence-electron chi connectivity index (χ2n) is 4.04. The molecule has 4 nitrogen and oxygen atoms in total. The van der Waals surface area contributed by atoms with E-state index in [1.165, 1.54) is 12.1 Å². The Bertz CT molecular complexity index is 655. The number of nitriles is 1. The summed E-state index contributed by atoms with van der Waals surface area (Å²) < 4.78 is 28.9. The Labute approximate surface area is 109 Å². The van der Waals surface area contributed by atoms with Crippen LogP contribution in [0.15, 0.2) is 18.3 Å². The zero-order valence-electron chi connectivity index (χ0n) is 10.5. The number of nitrogens with zero attached hydrogens (tertiary/aromatic N) is 3. The normalized spacial score (nSPS) is 10.3. The first-order chi connectivity index (χ1) is 9.06. The molecule has 0 fully saturated rings. The highest BCUT2D eigenvalue weighted by molar-refractivity contribution is 5.63. The van der Waals surface area contributed by atoms with Crippen molar-refractivity contribution in [2.75, 3.05) is 5.32 Å². The number of halogens is 2. The minimum absolute atomic E-state index is 0.0146. The number of hydrogen-bond donors (Lipinski definition) is 1. The van der Waals surface area contributed by atoms with Crippen LogP contribution in [0.5, 0.6) is 0 Å². The van der Waals surface area contributed by atoms with E-state index in [0.29, 0.717) is 12.1 Å². The van der Waals surface area contributed by atoms with Gasteiger partial charge in [-0.15, -0.1) is 0 Å². The van der Waals surface area contributed by atoms with Gasteiger partial charge in [0.2, 0.25) is 0 Å². The zero-order chi connectivity index (χ0) is 14.0. The van der Waals surface area contributed by atoms with E-state index in [1.54, 1.807) is 24.0 Å². The van der Waals surface area contributed by atoms with Crippen LogP contribution < -0.4 is 5.32 Å². The maximum Gasteiger partial charge on any atom is 0.183 e. The molecule has 1 aromatic heterocycles. The van der Waals surface area contributed by atoms with Crippen LogP contribution in [0.25, 0.3) is 0 Å². The van der Waals surface area contributed by atoms with Crippen LogP contribution in [0.1, 0.15) is 18.2 Å². The molecule has 0 bridgehead atoms. The average Bonchev–Trinajstić information content (AvgIpc) is 2.75. The SMILES string of the molecule is CCc1nn(C)cc1Nc1ccc(C#N)c(F)c1F. The fourth-order valence-electron chi connectivity index (χ4n) is 1.78. The van der Waals surface area contributed by atoms with Crippen LogP contribution in [0.4, 0.5) is 20.2 Å². The van der Waals surface area contributed by atoms with Gasteiger partial charge < -0.3 is 5.32 Å². The molecule has 6 heteroatoms. The lowest BCUT2D eigenvalue weighted by Gasteiger charge is -2.07. The molecule has 0 unspecified atom stereocenters. The lowest BCUT2D eigenvalue weighted by atomic mass is 10.2. The Morgan fingerprint density at radius 3 is 2.68 bits per heavy atom. The first kappa shape index (κ1) is 13.0. The zero-order valence-corrected chi connectivity index (χ0v) is 10.5. The van der Waals surface area contributed by atoms with Gasteiger partial charge in [-0.05, 0) is 18.6 Å². The summed E-state index contributed by atoms with van der Waals surface area (Å²) in [6, 6.07) is 4.17. The molecule has 0 aliphatic carbocycles. The van der Waals surface area contributed by atoms with Gasteiger partial charge in [-0.1, -0.05) is 6.92 Å². The third-order valence-corrected chi connectivity index (χ3v) is 2.71. The molecule has 0 spiro atoms. The Hall–Kier alpha value is -2.42. The van der Waals surface area contributed by atoms with Crippen molar-refractivity contribution in [3.05, 3.63) is 41.2 Å². The number of rotatable bonds is 3. The molecule has 98 valence electrons. The van der Waals surface area contributed by atoms with Crippen molar-refractivity contribution in [3.8, 4) is 6.07 Å². The van der Waals surface area contributed by atoms with Gasteiger partial charge in [0.15, 0.2) is 11.6 Å². The number of hydrogen-bond acceptors (Lipinski definition) is 3. The van der Waals surface area contributed by atoms with E-state index in [2.05, 4.69) is 10.4 Å². The van der Waals surface area contributed by atoms with Crippen molar-refractivity contribution < 1.29 is 8.78 Å². The van der Waals surface area contributed by atoms with Crippen LogP contribution in [0, 0.1) is 23.0 Å². The molecular formula is C13H12F2N4. The molecule has 1 aromatic carbocycles. The molecular weight excluding hydrogens is 250 g/mol. The van der Waals surface area contributed by atoms with E-state index in [9.17, 15) is 8.78 Å². The summed E-state index contributed by atoms with van der Waals surface area (Å²) in [4.78, 5) is 0. The molecule has 0 saturated heterocycles. The smallest absolute Gasteiger partial charge is 0.183 e. The number of benzene rings is 1. The molecule has 0 atom stereocenters. The molecule has 19 heavy (non-hydrogen) atoms. The molecule has 0 aliphatic heterocycles. The van der Waals surface area contributed by atoms with E-state index < -0.39 is 11.6 Å². The standard InChI is InChI=1S/C13H12F2N4/c1-3-9-11(7-19(2)18-9)17-10-5-4-8(6-16)12(14)13(10)15/h4-5,7,17H,3H2,1-2H3. The van der Waals surface area contributed by atoms with Gasteiger partial charge in [0, 0.05) is 13.2 Å². The van der Waals surface area contributed by atoms with Gasteiger partial charge in [0.25, 0.3) is 0 Å². The lowest BCUT2D eigenvalue weighted by molar-refractivity contribution is 0.509. The Kier molecular flexibility index (Phi) is 3.47. The Morgan fingerprint density at radius 2 is 2.05 bits per heavy atom. The predicted octanol–water partition coefficient (Wildman–Crippen LogP) is 2.88. The molecule has 1 N–H and O–H groups in total. The fraction of sp³-hybridized carbons (Fsp3) is 0.231. The van der Waals surface area contributed by atoms with Gasteiger partial charge >= 0.3 is 0 Å². The highest BCUT2D eigenvalue weighted by Crippen LogP contribution is 2.25. The first-order valence-corrected chi connectivity index (χ1v) is 5.74. The van der Waals surface area contributed by atoms with Crippen LogP contribution >= 0.6 is 0 Å². The summed E-state index contributed by atoms with van der Waals surface area (Å²) in [7, 11) is 1.75. The second kappa shape index (κ2) is 5.06. The first-order valence-electron chi connectivity index (χ1n) is 5.74. The van der Waals surface area contributed by atoms with Crippen LogP contribution in [-0.4, -0.2) is 9.78 Å². The number of nitrogens with one attached hydrogen (secondary N) is 1. The van der Waals surface area contributed by atoms with Crippen molar-refractivity contribution in [1.29, 1.82) is 5.26 Å². The van der Waals surface area contributed by atoms with Gasteiger partial charge in [-0.2, -0.15) is 10.4 Å². The van der Waals surface area contributed by atoms with Gasteiger partial charge in [-0.25, -0.2) is 8.78 Å².